The van der Waals surface area contributed by atoms with Crippen LogP contribution in [0.5, 0.6) is 0 Å². The molecule has 2 aromatic carbocycles. The Morgan fingerprint density at radius 2 is 1.38 bits per heavy atom. The summed E-state index contributed by atoms with van der Waals surface area (Å²) in [6.07, 6.45) is 23.5. The van der Waals surface area contributed by atoms with E-state index in [4.69, 9.17) is 16.6 Å². The van der Waals surface area contributed by atoms with E-state index in [-0.39, 0.29) is 5.91 Å². The maximum atomic E-state index is 12.3. The molecule has 1 amide bonds. The van der Waals surface area contributed by atoms with E-state index >= 15 is 0 Å². The highest BCUT2D eigenvalue weighted by atomic mass is 35.5. The van der Waals surface area contributed by atoms with Gasteiger partial charge in [0, 0.05) is 30.1 Å². The second-order valence-corrected chi connectivity index (χ2v) is 11.8. The first kappa shape index (κ1) is 32.2. The molecular formula is C35H52ClN3O. The van der Waals surface area contributed by atoms with Gasteiger partial charge in [-0.2, -0.15) is 0 Å². The highest BCUT2D eigenvalue weighted by Gasteiger charge is 2.10. The number of carbonyl (C=O) groups is 1. The normalized spacial score (nSPS) is 11.3. The van der Waals surface area contributed by atoms with Crippen LogP contribution in [0.3, 0.4) is 0 Å². The standard InChI is InChI=1S/C35H52ClN3O/c1-2-3-4-5-6-7-8-9-10-11-12-13-14-20-28-39-33-25-18-17-24-32(33)38-34(39)26-16-15-19-27-37-35(40)30-22-21-23-31(36)29-30/h17-18,21-25,29H,2-16,19-20,26-28H2,1H3,(H,37,40). The SMILES string of the molecule is CCCCCCCCCCCCCCCCn1c(CCCCCNC(=O)c2cccc(Cl)c2)nc2ccccc21. The molecule has 1 aromatic heterocycles. The van der Waals surface area contributed by atoms with Gasteiger partial charge in [0.1, 0.15) is 5.82 Å². The van der Waals surface area contributed by atoms with E-state index in [0.717, 1.165) is 37.7 Å². The molecule has 0 aliphatic rings. The van der Waals surface area contributed by atoms with Crippen molar-refractivity contribution in [2.45, 2.75) is 129 Å². The van der Waals surface area contributed by atoms with Crippen molar-refractivity contribution < 1.29 is 4.79 Å². The van der Waals surface area contributed by atoms with Crippen LogP contribution in [-0.4, -0.2) is 22.0 Å². The molecule has 1 heterocycles. The van der Waals surface area contributed by atoms with Gasteiger partial charge in [-0.05, 0) is 49.6 Å². The molecule has 5 heteroatoms. The quantitative estimate of drug-likeness (QED) is 0.123. The predicted molar refractivity (Wildman–Crippen MR) is 171 cm³/mol. The van der Waals surface area contributed by atoms with Gasteiger partial charge in [-0.25, -0.2) is 4.98 Å². The summed E-state index contributed by atoms with van der Waals surface area (Å²) in [6.45, 7) is 4.03. The third-order valence-electron chi connectivity index (χ3n) is 7.92. The number of para-hydroxylation sites is 2. The second-order valence-electron chi connectivity index (χ2n) is 11.3. The summed E-state index contributed by atoms with van der Waals surface area (Å²) in [5, 5.41) is 3.60. The first-order chi connectivity index (χ1) is 19.7. The number of hydrogen-bond acceptors (Lipinski definition) is 2. The fourth-order valence-electron chi connectivity index (χ4n) is 5.55. The molecule has 4 nitrogen and oxygen atoms in total. The van der Waals surface area contributed by atoms with Crippen LogP contribution in [0.4, 0.5) is 0 Å². The molecule has 3 rings (SSSR count). The lowest BCUT2D eigenvalue weighted by Gasteiger charge is -2.10. The number of aryl methyl sites for hydroxylation is 2. The fraction of sp³-hybridized carbons (Fsp3) is 0.600. The number of carbonyl (C=O) groups excluding carboxylic acids is 1. The molecule has 0 spiro atoms. The average Bonchev–Trinajstić information content (AvgIpc) is 3.32. The van der Waals surface area contributed by atoms with Gasteiger partial charge in [0.25, 0.3) is 5.91 Å². The summed E-state index contributed by atoms with van der Waals surface area (Å²) in [5.74, 6) is 1.15. The summed E-state index contributed by atoms with van der Waals surface area (Å²) in [4.78, 5) is 17.3. The predicted octanol–water partition coefficient (Wildman–Crippen LogP) is 10.3. The molecule has 0 radical (unpaired) electrons. The van der Waals surface area contributed by atoms with Gasteiger partial charge >= 0.3 is 0 Å². The largest absolute Gasteiger partial charge is 0.352 e. The van der Waals surface area contributed by atoms with Gasteiger partial charge in [0.2, 0.25) is 0 Å². The van der Waals surface area contributed by atoms with E-state index in [0.29, 0.717) is 17.1 Å². The number of benzene rings is 2. The number of nitrogens with zero attached hydrogens (tertiary/aromatic N) is 2. The lowest BCUT2D eigenvalue weighted by molar-refractivity contribution is 0.0953. The minimum atomic E-state index is -0.0579. The van der Waals surface area contributed by atoms with E-state index in [1.54, 1.807) is 18.2 Å². The molecule has 3 aromatic rings. The third-order valence-corrected chi connectivity index (χ3v) is 8.15. The number of fused-ring (bicyclic) bond motifs is 1. The highest BCUT2D eigenvalue weighted by molar-refractivity contribution is 6.30. The summed E-state index contributed by atoms with van der Waals surface area (Å²) >= 11 is 6.00. The van der Waals surface area contributed by atoms with E-state index in [1.807, 2.05) is 6.07 Å². The Morgan fingerprint density at radius 3 is 2.05 bits per heavy atom. The minimum Gasteiger partial charge on any atom is -0.352 e. The molecule has 1 N–H and O–H groups in total. The number of aromatic nitrogens is 2. The van der Waals surface area contributed by atoms with Crippen LogP contribution in [0, 0.1) is 0 Å². The summed E-state index contributed by atoms with van der Waals surface area (Å²) in [6, 6.07) is 15.6. The van der Waals surface area contributed by atoms with Gasteiger partial charge < -0.3 is 9.88 Å². The number of halogens is 1. The van der Waals surface area contributed by atoms with E-state index < -0.39 is 0 Å². The van der Waals surface area contributed by atoms with Gasteiger partial charge in [-0.3, -0.25) is 4.79 Å². The number of unbranched alkanes of at least 4 members (excludes halogenated alkanes) is 15. The van der Waals surface area contributed by atoms with Crippen molar-refractivity contribution in [3.63, 3.8) is 0 Å². The first-order valence-electron chi connectivity index (χ1n) is 16.2. The minimum absolute atomic E-state index is 0.0579. The van der Waals surface area contributed by atoms with Crippen molar-refractivity contribution >= 4 is 28.5 Å². The van der Waals surface area contributed by atoms with Crippen molar-refractivity contribution in [3.8, 4) is 0 Å². The molecule has 40 heavy (non-hydrogen) atoms. The number of amides is 1. The number of hydrogen-bond donors (Lipinski definition) is 1. The van der Waals surface area contributed by atoms with Crippen molar-refractivity contribution in [1.29, 1.82) is 0 Å². The number of rotatable bonds is 22. The Kier molecular flexibility index (Phi) is 15.8. The van der Waals surface area contributed by atoms with Crippen LogP contribution in [0.2, 0.25) is 5.02 Å². The highest BCUT2D eigenvalue weighted by Crippen LogP contribution is 2.20. The Hall–Kier alpha value is -2.33. The molecular weight excluding hydrogens is 514 g/mol. The zero-order chi connectivity index (χ0) is 28.3. The smallest absolute Gasteiger partial charge is 0.251 e. The molecule has 0 atom stereocenters. The van der Waals surface area contributed by atoms with Crippen molar-refractivity contribution in [1.82, 2.24) is 14.9 Å². The molecule has 0 aliphatic heterocycles. The van der Waals surface area contributed by atoms with Gasteiger partial charge in [-0.15, -0.1) is 0 Å². The van der Waals surface area contributed by atoms with Crippen molar-refractivity contribution in [2.24, 2.45) is 0 Å². The van der Waals surface area contributed by atoms with E-state index in [2.05, 4.69) is 41.1 Å². The molecule has 220 valence electrons. The number of imidazole rings is 1. The first-order valence-corrected chi connectivity index (χ1v) is 16.5. The van der Waals surface area contributed by atoms with Crippen LogP contribution in [0.1, 0.15) is 132 Å². The Morgan fingerprint density at radius 1 is 0.750 bits per heavy atom. The Bertz CT molecular complexity index is 1110. The lowest BCUT2D eigenvalue weighted by Crippen LogP contribution is -2.24. The lowest BCUT2D eigenvalue weighted by atomic mass is 10.0. The maximum absolute atomic E-state index is 12.3. The molecule has 0 saturated carbocycles. The monoisotopic (exact) mass is 565 g/mol. The van der Waals surface area contributed by atoms with E-state index in [1.165, 1.54) is 101 Å². The Balaban J connectivity index is 1.28. The molecule has 0 saturated heterocycles. The summed E-state index contributed by atoms with van der Waals surface area (Å²) < 4.78 is 2.46. The molecule has 0 aliphatic carbocycles. The number of nitrogens with one attached hydrogen (secondary N) is 1. The topological polar surface area (TPSA) is 46.9 Å². The molecule has 0 unspecified atom stereocenters. The average molecular weight is 566 g/mol. The van der Waals surface area contributed by atoms with Crippen molar-refractivity contribution in [2.75, 3.05) is 6.54 Å². The zero-order valence-electron chi connectivity index (χ0n) is 24.9. The third kappa shape index (κ3) is 12.0. The van der Waals surface area contributed by atoms with Crippen molar-refractivity contribution in [3.05, 3.63) is 64.9 Å². The van der Waals surface area contributed by atoms with Crippen LogP contribution in [0.25, 0.3) is 11.0 Å². The van der Waals surface area contributed by atoms with Crippen LogP contribution in [-0.2, 0) is 13.0 Å². The van der Waals surface area contributed by atoms with Crippen LogP contribution < -0.4 is 5.32 Å². The Labute approximate surface area is 248 Å². The van der Waals surface area contributed by atoms with Gasteiger partial charge in [0.05, 0.1) is 11.0 Å². The van der Waals surface area contributed by atoms with Crippen LogP contribution >= 0.6 is 11.6 Å². The molecule has 0 fully saturated rings. The van der Waals surface area contributed by atoms with E-state index in [9.17, 15) is 4.79 Å². The summed E-state index contributed by atoms with van der Waals surface area (Å²) in [7, 11) is 0. The summed E-state index contributed by atoms with van der Waals surface area (Å²) in [5.41, 5.74) is 2.99. The van der Waals surface area contributed by atoms with Gasteiger partial charge in [-0.1, -0.05) is 127 Å². The second kappa shape index (κ2) is 19.7. The molecule has 0 bridgehead atoms. The zero-order valence-corrected chi connectivity index (χ0v) is 25.7. The fourth-order valence-corrected chi connectivity index (χ4v) is 5.74. The maximum Gasteiger partial charge on any atom is 0.251 e. The van der Waals surface area contributed by atoms with Crippen LogP contribution in [0.15, 0.2) is 48.5 Å². The van der Waals surface area contributed by atoms with Gasteiger partial charge in [0.15, 0.2) is 0 Å².